The van der Waals surface area contributed by atoms with Crippen LogP contribution in [-0.2, 0) is 16.4 Å². The number of carbonyl (C=O) groups excluding carboxylic acids is 1. The van der Waals surface area contributed by atoms with Gasteiger partial charge in [-0.25, -0.2) is 14.4 Å². The summed E-state index contributed by atoms with van der Waals surface area (Å²) in [6, 6.07) is 3.08. The van der Waals surface area contributed by atoms with Crippen LogP contribution in [0, 0.1) is 17.1 Å². The number of carbonyl (C=O) groups is 1. The van der Waals surface area contributed by atoms with Crippen molar-refractivity contribution in [2.45, 2.75) is 51.7 Å². The van der Waals surface area contributed by atoms with Gasteiger partial charge in [-0.1, -0.05) is 20.8 Å². The molecule has 0 bridgehead atoms. The highest BCUT2D eigenvalue weighted by atomic mass is 32.1. The largest absolute Gasteiger partial charge is 0.420 e. The SMILES string of the molecule is CC(C)(C)c1ncc(N2C(=S)N(c3ccc(C#N)c(C(F)(F)F)c3F)C(=O)C2(C)C)cn1. The first-order chi connectivity index (χ1) is 14.6. The molecule has 0 radical (unpaired) electrons. The van der Waals surface area contributed by atoms with Crippen LogP contribution in [-0.4, -0.2) is 26.5 Å². The average molecular weight is 465 g/mol. The highest BCUT2D eigenvalue weighted by molar-refractivity contribution is 7.81. The molecular weight excluding hydrogens is 446 g/mol. The number of anilines is 2. The zero-order valence-electron chi connectivity index (χ0n) is 17.9. The third-order valence-corrected chi connectivity index (χ3v) is 5.37. The van der Waals surface area contributed by atoms with Gasteiger partial charge in [0.15, 0.2) is 10.9 Å². The summed E-state index contributed by atoms with van der Waals surface area (Å²) in [5.41, 5.74) is -4.69. The number of rotatable bonds is 2. The molecular formula is C21H19F4N5OS. The van der Waals surface area contributed by atoms with Gasteiger partial charge < -0.3 is 4.90 Å². The van der Waals surface area contributed by atoms with E-state index < -0.39 is 40.3 Å². The lowest BCUT2D eigenvalue weighted by Gasteiger charge is -2.29. The normalized spacial score (nSPS) is 16.5. The number of amides is 1. The summed E-state index contributed by atoms with van der Waals surface area (Å²) < 4.78 is 55.3. The number of halogens is 4. The van der Waals surface area contributed by atoms with Crippen molar-refractivity contribution < 1.29 is 22.4 Å². The van der Waals surface area contributed by atoms with E-state index in [-0.39, 0.29) is 10.5 Å². The van der Waals surface area contributed by atoms with Crippen LogP contribution in [0.25, 0.3) is 0 Å². The second kappa shape index (κ2) is 7.48. The Hall–Kier alpha value is -3.13. The molecule has 1 fully saturated rings. The van der Waals surface area contributed by atoms with Gasteiger partial charge in [0.2, 0.25) is 0 Å². The number of aromatic nitrogens is 2. The molecule has 32 heavy (non-hydrogen) atoms. The summed E-state index contributed by atoms with van der Waals surface area (Å²) >= 11 is 5.38. The monoisotopic (exact) mass is 465 g/mol. The Labute approximate surface area is 187 Å². The maximum absolute atomic E-state index is 15.0. The molecule has 1 aromatic heterocycles. The van der Waals surface area contributed by atoms with Gasteiger partial charge in [-0.15, -0.1) is 0 Å². The van der Waals surface area contributed by atoms with E-state index in [0.717, 1.165) is 12.1 Å². The van der Waals surface area contributed by atoms with Crippen molar-refractivity contribution in [3.63, 3.8) is 0 Å². The second-order valence-electron chi connectivity index (χ2n) is 8.76. The number of thiocarbonyl (C=S) groups is 1. The van der Waals surface area contributed by atoms with Crippen LogP contribution in [0.15, 0.2) is 24.5 Å². The molecule has 0 saturated carbocycles. The van der Waals surface area contributed by atoms with Crippen molar-refractivity contribution in [2.24, 2.45) is 0 Å². The predicted molar refractivity (Wildman–Crippen MR) is 113 cm³/mol. The summed E-state index contributed by atoms with van der Waals surface area (Å²) in [6.07, 6.45) is -2.23. The van der Waals surface area contributed by atoms with Crippen LogP contribution in [0.1, 0.15) is 51.6 Å². The number of alkyl halides is 3. The van der Waals surface area contributed by atoms with E-state index in [4.69, 9.17) is 17.5 Å². The fourth-order valence-corrected chi connectivity index (χ4v) is 3.89. The van der Waals surface area contributed by atoms with E-state index in [9.17, 15) is 18.0 Å². The van der Waals surface area contributed by atoms with E-state index in [2.05, 4.69) is 9.97 Å². The van der Waals surface area contributed by atoms with Crippen LogP contribution in [0.2, 0.25) is 0 Å². The Balaban J connectivity index is 2.13. The Morgan fingerprint density at radius 2 is 1.69 bits per heavy atom. The zero-order valence-corrected chi connectivity index (χ0v) is 18.7. The highest BCUT2D eigenvalue weighted by Gasteiger charge is 2.52. The molecule has 1 saturated heterocycles. The van der Waals surface area contributed by atoms with E-state index in [0.29, 0.717) is 16.4 Å². The van der Waals surface area contributed by atoms with E-state index in [1.807, 2.05) is 20.8 Å². The maximum atomic E-state index is 15.0. The first-order valence-corrected chi connectivity index (χ1v) is 9.84. The first-order valence-electron chi connectivity index (χ1n) is 9.43. The van der Waals surface area contributed by atoms with Gasteiger partial charge in [0.1, 0.15) is 16.9 Å². The smallest absolute Gasteiger partial charge is 0.301 e. The lowest BCUT2D eigenvalue weighted by atomic mass is 9.96. The van der Waals surface area contributed by atoms with Crippen LogP contribution in [0.5, 0.6) is 0 Å². The lowest BCUT2D eigenvalue weighted by Crippen LogP contribution is -2.44. The van der Waals surface area contributed by atoms with Crippen molar-refractivity contribution in [1.29, 1.82) is 5.26 Å². The lowest BCUT2D eigenvalue weighted by molar-refractivity contribution is -0.140. The minimum Gasteiger partial charge on any atom is -0.301 e. The minimum absolute atomic E-state index is 0.233. The summed E-state index contributed by atoms with van der Waals surface area (Å²) in [5.74, 6) is -1.94. The van der Waals surface area contributed by atoms with E-state index in [1.165, 1.54) is 37.2 Å². The van der Waals surface area contributed by atoms with Crippen molar-refractivity contribution >= 4 is 34.6 Å². The molecule has 1 aliphatic rings. The third kappa shape index (κ3) is 3.68. The molecule has 0 N–H and O–H groups in total. The maximum Gasteiger partial charge on any atom is 0.420 e. The minimum atomic E-state index is -5.14. The molecule has 0 spiro atoms. The molecule has 1 amide bonds. The Bertz CT molecular complexity index is 1150. The molecule has 11 heteroatoms. The van der Waals surface area contributed by atoms with Crippen molar-refractivity contribution in [3.8, 4) is 6.07 Å². The van der Waals surface area contributed by atoms with Gasteiger partial charge in [-0.3, -0.25) is 9.69 Å². The van der Waals surface area contributed by atoms with Crippen LogP contribution in [0.4, 0.5) is 28.9 Å². The van der Waals surface area contributed by atoms with Crippen LogP contribution < -0.4 is 9.80 Å². The van der Waals surface area contributed by atoms with E-state index >= 15 is 4.39 Å². The number of nitrogens with zero attached hydrogens (tertiary/aromatic N) is 5. The molecule has 3 rings (SSSR count). The van der Waals surface area contributed by atoms with Crippen molar-refractivity contribution in [2.75, 3.05) is 9.80 Å². The summed E-state index contributed by atoms with van der Waals surface area (Å²) in [6.45, 7) is 8.77. The summed E-state index contributed by atoms with van der Waals surface area (Å²) in [5, 5.41) is 8.74. The molecule has 2 heterocycles. The van der Waals surface area contributed by atoms with Gasteiger partial charge in [0.25, 0.3) is 5.91 Å². The topological polar surface area (TPSA) is 73.1 Å². The van der Waals surface area contributed by atoms with Gasteiger partial charge in [0, 0.05) is 5.41 Å². The highest BCUT2D eigenvalue weighted by Crippen LogP contribution is 2.41. The predicted octanol–water partition coefficient (Wildman–Crippen LogP) is 4.72. The third-order valence-electron chi connectivity index (χ3n) is 5.00. The molecule has 6 nitrogen and oxygen atoms in total. The van der Waals surface area contributed by atoms with Crippen LogP contribution in [0.3, 0.4) is 0 Å². The molecule has 0 atom stereocenters. The quantitative estimate of drug-likeness (QED) is 0.472. The van der Waals surface area contributed by atoms with Gasteiger partial charge in [0.05, 0.1) is 35.4 Å². The van der Waals surface area contributed by atoms with Crippen LogP contribution >= 0.6 is 12.2 Å². The summed E-state index contributed by atoms with van der Waals surface area (Å²) in [4.78, 5) is 23.8. The van der Waals surface area contributed by atoms with Gasteiger partial charge >= 0.3 is 6.18 Å². The number of nitriles is 1. The fourth-order valence-electron chi connectivity index (χ4n) is 3.37. The second-order valence-corrected chi connectivity index (χ2v) is 9.13. The Morgan fingerprint density at radius 3 is 2.16 bits per heavy atom. The average Bonchev–Trinajstić information content (AvgIpc) is 2.84. The molecule has 1 aliphatic heterocycles. The molecule has 0 aliphatic carbocycles. The standard InChI is InChI=1S/C21H19F4N5OS/c1-19(2,3)16-27-9-12(10-28-16)30-18(32)29(17(31)20(30,4)5)13-7-6-11(8-26)14(15(13)22)21(23,24)25/h6-7,9-10H,1-5H3. The number of hydrogen-bond acceptors (Lipinski definition) is 5. The van der Waals surface area contributed by atoms with Gasteiger partial charge in [-0.2, -0.15) is 18.4 Å². The van der Waals surface area contributed by atoms with Crippen molar-refractivity contribution in [3.05, 3.63) is 47.3 Å². The molecule has 1 aromatic carbocycles. The molecule has 2 aromatic rings. The Morgan fingerprint density at radius 1 is 1.12 bits per heavy atom. The molecule has 0 unspecified atom stereocenters. The number of benzene rings is 1. The van der Waals surface area contributed by atoms with Gasteiger partial charge in [-0.05, 0) is 38.2 Å². The fraction of sp³-hybridized carbons (Fsp3) is 0.381. The zero-order chi connectivity index (χ0) is 24.2. The molecule has 168 valence electrons. The van der Waals surface area contributed by atoms with Crippen molar-refractivity contribution in [1.82, 2.24) is 9.97 Å². The van der Waals surface area contributed by atoms with E-state index in [1.54, 1.807) is 0 Å². The summed E-state index contributed by atoms with van der Waals surface area (Å²) in [7, 11) is 0. The first kappa shape index (κ1) is 23.5. The number of hydrogen-bond donors (Lipinski definition) is 0. The Kier molecular flexibility index (Phi) is 5.50.